The van der Waals surface area contributed by atoms with Crippen LogP contribution in [0.3, 0.4) is 0 Å². The van der Waals surface area contributed by atoms with Crippen LogP contribution in [0.25, 0.3) is 11.3 Å². The topological polar surface area (TPSA) is 72.4 Å². The summed E-state index contributed by atoms with van der Waals surface area (Å²) >= 11 is 4.51. The second kappa shape index (κ2) is 8.05. The summed E-state index contributed by atoms with van der Waals surface area (Å²) in [6.45, 7) is 3.28. The van der Waals surface area contributed by atoms with Crippen LogP contribution in [0.1, 0.15) is 29.4 Å². The highest BCUT2D eigenvalue weighted by atomic mass is 79.9. The number of benzene rings is 1. The molecule has 1 aliphatic heterocycles. The molecule has 2 heterocycles. The van der Waals surface area contributed by atoms with Crippen molar-refractivity contribution < 1.29 is 14.3 Å². The van der Waals surface area contributed by atoms with Gasteiger partial charge < -0.3 is 9.64 Å². The largest absolute Gasteiger partial charge is 0.466 e. The molecule has 0 atom stereocenters. The fourth-order valence-electron chi connectivity index (χ4n) is 2.85. The first-order chi connectivity index (χ1) is 12.1. The maximum absolute atomic E-state index is 12.9. The molecular weight excluding hydrogens is 406 g/mol. The second-order valence-electron chi connectivity index (χ2n) is 5.78. The van der Waals surface area contributed by atoms with Crippen LogP contribution in [-0.2, 0) is 9.53 Å². The number of ether oxygens (including phenoxy) is 1. The lowest BCUT2D eigenvalue weighted by molar-refractivity contribution is -0.149. The third-order valence-electron chi connectivity index (χ3n) is 4.20. The molecule has 0 bridgehead atoms. The summed E-state index contributed by atoms with van der Waals surface area (Å²) in [6.07, 6.45) is 1.26. The Morgan fingerprint density at radius 2 is 1.96 bits per heavy atom. The predicted octanol–water partition coefficient (Wildman–Crippen LogP) is 3.38. The Kier molecular flexibility index (Phi) is 5.80. The summed E-state index contributed by atoms with van der Waals surface area (Å²) in [7, 11) is 0. The Labute approximate surface area is 158 Å². The van der Waals surface area contributed by atoms with Crippen molar-refractivity contribution >= 4 is 39.3 Å². The molecule has 8 heteroatoms. The minimum absolute atomic E-state index is 0.0739. The molecule has 25 heavy (non-hydrogen) atoms. The van der Waals surface area contributed by atoms with E-state index in [4.69, 9.17) is 4.74 Å². The number of carbonyl (C=O) groups is 2. The van der Waals surface area contributed by atoms with Crippen molar-refractivity contribution in [2.24, 2.45) is 5.92 Å². The number of carbonyl (C=O) groups excluding carboxylic acids is 2. The third kappa shape index (κ3) is 4.07. The van der Waals surface area contributed by atoms with E-state index in [2.05, 4.69) is 25.5 Å². The summed E-state index contributed by atoms with van der Waals surface area (Å²) in [5.41, 5.74) is 1.47. The zero-order valence-electron chi connectivity index (χ0n) is 13.8. The van der Waals surface area contributed by atoms with Crippen LogP contribution in [0.4, 0.5) is 0 Å². The number of likely N-dealkylation sites (tertiary alicyclic amines) is 1. The molecular formula is C17H18BrN3O3S. The maximum atomic E-state index is 12.9. The second-order valence-corrected chi connectivity index (χ2v) is 7.45. The molecule has 1 saturated heterocycles. The molecule has 6 nitrogen and oxygen atoms in total. The first-order valence-corrected chi connectivity index (χ1v) is 9.71. The van der Waals surface area contributed by atoms with E-state index >= 15 is 0 Å². The molecule has 0 saturated carbocycles. The van der Waals surface area contributed by atoms with Gasteiger partial charge in [0.05, 0.1) is 12.5 Å². The van der Waals surface area contributed by atoms with Crippen LogP contribution in [0.15, 0.2) is 28.7 Å². The van der Waals surface area contributed by atoms with Crippen molar-refractivity contribution in [3.63, 3.8) is 0 Å². The van der Waals surface area contributed by atoms with E-state index in [0.29, 0.717) is 43.1 Å². The van der Waals surface area contributed by atoms with Gasteiger partial charge in [-0.3, -0.25) is 9.59 Å². The Morgan fingerprint density at radius 1 is 1.28 bits per heavy atom. The number of aromatic nitrogens is 2. The van der Waals surface area contributed by atoms with Crippen molar-refractivity contribution in [3.8, 4) is 11.3 Å². The normalized spacial score (nSPS) is 15.2. The van der Waals surface area contributed by atoms with Crippen LogP contribution in [0.5, 0.6) is 0 Å². The molecule has 1 aromatic carbocycles. The monoisotopic (exact) mass is 423 g/mol. The molecule has 0 spiro atoms. The number of piperidine rings is 1. The van der Waals surface area contributed by atoms with Crippen LogP contribution in [0, 0.1) is 5.92 Å². The van der Waals surface area contributed by atoms with Crippen molar-refractivity contribution in [3.05, 3.63) is 33.6 Å². The van der Waals surface area contributed by atoms with Gasteiger partial charge in [0.25, 0.3) is 5.91 Å². The number of amides is 1. The number of rotatable bonds is 4. The Hall–Kier alpha value is -1.80. The van der Waals surface area contributed by atoms with E-state index < -0.39 is 0 Å². The van der Waals surface area contributed by atoms with Gasteiger partial charge in [0.15, 0.2) is 0 Å². The van der Waals surface area contributed by atoms with Crippen molar-refractivity contribution in [1.29, 1.82) is 0 Å². The maximum Gasteiger partial charge on any atom is 0.309 e. The van der Waals surface area contributed by atoms with E-state index in [-0.39, 0.29) is 17.8 Å². The molecule has 0 aliphatic carbocycles. The number of nitrogens with zero attached hydrogens (tertiary/aromatic N) is 3. The van der Waals surface area contributed by atoms with Gasteiger partial charge in [-0.2, -0.15) is 0 Å². The average Bonchev–Trinajstić information content (AvgIpc) is 3.12. The summed E-state index contributed by atoms with van der Waals surface area (Å²) in [4.78, 5) is 27.0. The minimum atomic E-state index is -0.162. The summed E-state index contributed by atoms with van der Waals surface area (Å²) in [5, 5.41) is 4.13. The molecule has 1 aromatic heterocycles. The third-order valence-corrected chi connectivity index (χ3v) is 5.44. The first kappa shape index (κ1) is 18.0. The SMILES string of the molecule is CCOC(=O)C1CCN(C(=O)c2snnc2-c2ccc(Br)cc2)CC1. The molecule has 1 amide bonds. The minimum Gasteiger partial charge on any atom is -0.466 e. The highest BCUT2D eigenvalue weighted by molar-refractivity contribution is 9.10. The van der Waals surface area contributed by atoms with Gasteiger partial charge in [-0.1, -0.05) is 32.6 Å². The molecule has 0 radical (unpaired) electrons. The van der Waals surface area contributed by atoms with E-state index in [0.717, 1.165) is 21.6 Å². The number of hydrogen-bond acceptors (Lipinski definition) is 6. The average molecular weight is 424 g/mol. The lowest BCUT2D eigenvalue weighted by atomic mass is 9.97. The molecule has 2 aromatic rings. The van der Waals surface area contributed by atoms with Gasteiger partial charge in [0.2, 0.25) is 0 Å². The molecule has 1 aliphatic rings. The van der Waals surface area contributed by atoms with Gasteiger partial charge >= 0.3 is 5.97 Å². The first-order valence-electron chi connectivity index (χ1n) is 8.14. The summed E-state index contributed by atoms with van der Waals surface area (Å²) in [5.74, 6) is -0.352. The molecule has 1 fully saturated rings. The standard InChI is InChI=1S/C17H18BrN3O3S/c1-2-24-17(23)12-7-9-21(10-8-12)16(22)15-14(19-20-25-15)11-3-5-13(18)6-4-11/h3-6,12H,2,7-10H2,1H3. The Bertz CT molecular complexity index is 755. The Morgan fingerprint density at radius 3 is 2.60 bits per heavy atom. The van der Waals surface area contributed by atoms with E-state index in [1.54, 1.807) is 11.8 Å². The molecule has 3 rings (SSSR count). The molecule has 0 N–H and O–H groups in total. The van der Waals surface area contributed by atoms with Crippen molar-refractivity contribution in [1.82, 2.24) is 14.5 Å². The van der Waals surface area contributed by atoms with Gasteiger partial charge in [0, 0.05) is 23.1 Å². The predicted molar refractivity (Wildman–Crippen MR) is 98.3 cm³/mol. The fraction of sp³-hybridized carbons (Fsp3) is 0.412. The van der Waals surface area contributed by atoms with Gasteiger partial charge in [-0.15, -0.1) is 5.10 Å². The lowest BCUT2D eigenvalue weighted by Crippen LogP contribution is -2.40. The number of hydrogen-bond donors (Lipinski definition) is 0. The van der Waals surface area contributed by atoms with Crippen molar-refractivity contribution in [2.75, 3.05) is 19.7 Å². The summed E-state index contributed by atoms with van der Waals surface area (Å²) in [6, 6.07) is 7.64. The lowest BCUT2D eigenvalue weighted by Gasteiger charge is -2.30. The zero-order valence-corrected chi connectivity index (χ0v) is 16.2. The Balaban J connectivity index is 1.70. The zero-order chi connectivity index (χ0) is 17.8. The van der Waals surface area contributed by atoms with Crippen LogP contribution < -0.4 is 0 Å². The van der Waals surface area contributed by atoms with Crippen LogP contribution in [0.2, 0.25) is 0 Å². The number of halogens is 1. The molecule has 0 unspecified atom stereocenters. The van der Waals surface area contributed by atoms with Gasteiger partial charge in [0.1, 0.15) is 10.6 Å². The van der Waals surface area contributed by atoms with E-state index in [1.165, 1.54) is 0 Å². The quantitative estimate of drug-likeness (QED) is 0.704. The van der Waals surface area contributed by atoms with Gasteiger partial charge in [-0.05, 0) is 43.4 Å². The highest BCUT2D eigenvalue weighted by Crippen LogP contribution is 2.28. The summed E-state index contributed by atoms with van der Waals surface area (Å²) < 4.78 is 10.0. The smallest absolute Gasteiger partial charge is 0.309 e. The molecule has 132 valence electrons. The van der Waals surface area contributed by atoms with Crippen LogP contribution in [-0.4, -0.2) is 46.1 Å². The van der Waals surface area contributed by atoms with Gasteiger partial charge in [-0.25, -0.2) is 0 Å². The fourth-order valence-corrected chi connectivity index (χ4v) is 3.77. The number of esters is 1. The van der Waals surface area contributed by atoms with Crippen molar-refractivity contribution in [2.45, 2.75) is 19.8 Å². The highest BCUT2D eigenvalue weighted by Gasteiger charge is 2.30. The van der Waals surface area contributed by atoms with E-state index in [1.807, 2.05) is 24.3 Å². The van der Waals surface area contributed by atoms with E-state index in [9.17, 15) is 9.59 Å². The van der Waals surface area contributed by atoms with Crippen LogP contribution >= 0.6 is 27.5 Å².